The fourth-order valence-corrected chi connectivity index (χ4v) is 7.02. The molecule has 0 saturated carbocycles. The molecule has 0 saturated heterocycles. The number of hydrogen-bond donors (Lipinski definition) is 0. The first-order chi connectivity index (χ1) is 21.9. The summed E-state index contributed by atoms with van der Waals surface area (Å²) in [4.78, 5) is 0. The highest BCUT2D eigenvalue weighted by molar-refractivity contribution is 6.75. The molecule has 7 nitrogen and oxygen atoms in total. The zero-order valence-electron chi connectivity index (χ0n) is 29.9. The van der Waals surface area contributed by atoms with Gasteiger partial charge in [0.25, 0.3) is 8.32 Å². The lowest BCUT2D eigenvalue weighted by Gasteiger charge is -2.39. The number of aromatic nitrogens is 3. The Kier molecular flexibility index (Phi) is 9.42. The lowest BCUT2D eigenvalue weighted by Crippen LogP contribution is -2.44. The van der Waals surface area contributed by atoms with Gasteiger partial charge in [-0.3, -0.25) is 0 Å². The van der Waals surface area contributed by atoms with Crippen molar-refractivity contribution in [2.45, 2.75) is 97.7 Å². The van der Waals surface area contributed by atoms with Crippen molar-refractivity contribution in [2.24, 2.45) is 0 Å². The summed E-state index contributed by atoms with van der Waals surface area (Å²) in [5, 5.41) is 9.52. The Morgan fingerprint density at radius 1 is 0.787 bits per heavy atom. The molecule has 0 atom stereocenters. The third kappa shape index (κ3) is 7.28. The molecule has 47 heavy (non-hydrogen) atoms. The summed E-state index contributed by atoms with van der Waals surface area (Å²) in [6.45, 7) is 26.1. The van der Waals surface area contributed by atoms with Gasteiger partial charge in [0.1, 0.15) is 36.2 Å². The Hall–Kier alpha value is -3.64. The maximum Gasteiger partial charge on any atom is 0.250 e. The number of aryl methyl sites for hydroxylation is 1. The second kappa shape index (κ2) is 12.8. The van der Waals surface area contributed by atoms with Crippen LogP contribution >= 0.6 is 0 Å². The van der Waals surface area contributed by atoms with Gasteiger partial charge in [-0.25, -0.2) is 9.07 Å². The Morgan fingerprint density at radius 3 is 1.98 bits per heavy atom. The largest absolute Gasteiger partial charge is 0.543 e. The van der Waals surface area contributed by atoms with E-state index in [4.69, 9.17) is 23.4 Å². The summed E-state index contributed by atoms with van der Waals surface area (Å²) < 4.78 is 41.6. The van der Waals surface area contributed by atoms with Crippen LogP contribution in [0.15, 0.2) is 54.6 Å². The highest BCUT2D eigenvalue weighted by Crippen LogP contribution is 2.47. The van der Waals surface area contributed by atoms with Gasteiger partial charge in [0.15, 0.2) is 11.5 Å². The Morgan fingerprint density at radius 2 is 1.38 bits per heavy atom. The maximum absolute atomic E-state index is 13.8. The van der Waals surface area contributed by atoms with Crippen LogP contribution in [0.5, 0.6) is 23.0 Å². The van der Waals surface area contributed by atoms with Gasteiger partial charge in [-0.05, 0) is 90.2 Å². The van der Waals surface area contributed by atoms with Crippen molar-refractivity contribution in [2.75, 3.05) is 13.2 Å². The summed E-state index contributed by atoms with van der Waals surface area (Å²) in [7, 11) is -4.46. The van der Waals surface area contributed by atoms with Crippen LogP contribution in [-0.4, -0.2) is 44.8 Å². The molecular formula is C37H50FN3O4Si2. The van der Waals surface area contributed by atoms with Crippen molar-refractivity contribution in [3.8, 4) is 45.5 Å². The van der Waals surface area contributed by atoms with Gasteiger partial charge < -0.3 is 18.3 Å². The van der Waals surface area contributed by atoms with Gasteiger partial charge in [0, 0.05) is 17.2 Å². The molecule has 0 aliphatic carbocycles. The van der Waals surface area contributed by atoms with Crippen molar-refractivity contribution in [1.82, 2.24) is 15.0 Å². The van der Waals surface area contributed by atoms with Crippen LogP contribution in [0, 0.1) is 5.82 Å². The quantitative estimate of drug-likeness (QED) is 0.165. The molecule has 0 N–H and O–H groups in total. The second-order valence-electron chi connectivity index (χ2n) is 15.5. The number of halogens is 1. The smallest absolute Gasteiger partial charge is 0.250 e. The number of nitrogens with zero attached hydrogens (tertiary/aromatic N) is 3. The zero-order chi connectivity index (χ0) is 34.4. The zero-order valence-corrected chi connectivity index (χ0v) is 31.9. The minimum atomic E-state index is -2.30. The normalized spacial score (nSPS) is 13.9. The summed E-state index contributed by atoms with van der Waals surface area (Å²) in [5.74, 6) is 2.73. The Bertz CT molecular complexity index is 1740. The molecule has 5 rings (SSSR count). The van der Waals surface area contributed by atoms with Crippen molar-refractivity contribution >= 4 is 16.6 Å². The van der Waals surface area contributed by atoms with E-state index in [1.54, 1.807) is 12.1 Å². The number of benzene rings is 3. The van der Waals surface area contributed by atoms with E-state index in [9.17, 15) is 4.39 Å². The van der Waals surface area contributed by atoms with Gasteiger partial charge in [0.05, 0.1) is 12.2 Å². The van der Waals surface area contributed by atoms with E-state index in [0.29, 0.717) is 37.0 Å². The number of ether oxygens (including phenoxy) is 2. The lowest BCUT2D eigenvalue weighted by molar-refractivity contribution is 0.171. The molecule has 1 aromatic heterocycles. The molecule has 0 fully saturated rings. The highest BCUT2D eigenvalue weighted by Gasteiger charge is 2.42. The first-order valence-electron chi connectivity index (χ1n) is 16.5. The summed E-state index contributed by atoms with van der Waals surface area (Å²) in [6, 6.07) is 16.7. The minimum absolute atomic E-state index is 0.0333. The molecule has 3 aromatic carbocycles. The van der Waals surface area contributed by atoms with Crippen LogP contribution < -0.4 is 18.3 Å². The predicted octanol–water partition coefficient (Wildman–Crippen LogP) is 9.90. The highest BCUT2D eigenvalue weighted by atomic mass is 28.4. The standard InChI is InChI=1S/C37H50FN3O4Si2/c1-12-26-21-29(32(45-47(10,11)37(5,6)7)23-31(26)44-46(8,9)36(2,3)4)34-35(27-15-18-30-33(22-27)43-20-19-42-30)41(40-39-34)24-25-13-16-28(38)17-14-25/h13-18,21-23H,12,19-20,24H2,1-11H3. The third-order valence-electron chi connectivity index (χ3n) is 9.94. The summed E-state index contributed by atoms with van der Waals surface area (Å²) in [5.41, 5.74) is 5.26. The van der Waals surface area contributed by atoms with Gasteiger partial charge in [-0.2, -0.15) is 0 Å². The number of hydrogen-bond acceptors (Lipinski definition) is 6. The van der Waals surface area contributed by atoms with Crippen LogP contribution in [0.25, 0.3) is 22.5 Å². The first-order valence-corrected chi connectivity index (χ1v) is 22.3. The molecule has 0 unspecified atom stereocenters. The van der Waals surface area contributed by atoms with Crippen LogP contribution in [0.1, 0.15) is 59.6 Å². The Labute approximate surface area is 281 Å². The fraction of sp³-hybridized carbons (Fsp3) is 0.459. The Balaban J connectivity index is 1.74. The average Bonchev–Trinajstić information content (AvgIpc) is 3.39. The third-order valence-corrected chi connectivity index (χ3v) is 18.6. The van der Waals surface area contributed by atoms with E-state index in [2.05, 4.69) is 92.0 Å². The first kappa shape index (κ1) is 34.7. The lowest BCUT2D eigenvalue weighted by atomic mass is 9.99. The molecule has 0 bridgehead atoms. The molecule has 1 aliphatic heterocycles. The van der Waals surface area contributed by atoms with E-state index in [1.165, 1.54) is 12.1 Å². The van der Waals surface area contributed by atoms with E-state index >= 15 is 0 Å². The molecule has 4 aromatic rings. The van der Waals surface area contributed by atoms with Gasteiger partial charge >= 0.3 is 0 Å². The van der Waals surface area contributed by atoms with E-state index in [1.807, 2.05) is 22.9 Å². The maximum atomic E-state index is 13.8. The molecule has 10 heteroatoms. The van der Waals surface area contributed by atoms with Crippen LogP contribution in [-0.2, 0) is 13.0 Å². The summed E-state index contributed by atoms with van der Waals surface area (Å²) >= 11 is 0. The SMILES string of the molecule is CCc1cc(-c2nnn(Cc3ccc(F)cc3)c2-c2ccc3c(c2)OCCO3)c(O[Si](C)(C)C(C)(C)C)cc1O[Si](C)(C)C(C)(C)C. The predicted molar refractivity (Wildman–Crippen MR) is 192 cm³/mol. The van der Waals surface area contributed by atoms with Gasteiger partial charge in [0.2, 0.25) is 8.32 Å². The topological polar surface area (TPSA) is 67.6 Å². The second-order valence-corrected chi connectivity index (χ2v) is 24.9. The van der Waals surface area contributed by atoms with Gasteiger partial charge in [-0.1, -0.05) is 65.8 Å². The van der Waals surface area contributed by atoms with E-state index in [-0.39, 0.29) is 15.9 Å². The van der Waals surface area contributed by atoms with Crippen molar-refractivity contribution in [3.05, 3.63) is 71.5 Å². The molecule has 0 spiro atoms. The molecule has 1 aliphatic rings. The van der Waals surface area contributed by atoms with Crippen molar-refractivity contribution < 1.29 is 22.7 Å². The monoisotopic (exact) mass is 675 g/mol. The molecule has 252 valence electrons. The summed E-state index contributed by atoms with van der Waals surface area (Å²) in [6.07, 6.45) is 0.778. The average molecular weight is 676 g/mol. The van der Waals surface area contributed by atoms with Crippen LogP contribution in [0.3, 0.4) is 0 Å². The molecular weight excluding hydrogens is 626 g/mol. The number of rotatable bonds is 9. The van der Waals surface area contributed by atoms with E-state index in [0.717, 1.165) is 45.9 Å². The van der Waals surface area contributed by atoms with Crippen molar-refractivity contribution in [3.63, 3.8) is 0 Å². The molecule has 0 radical (unpaired) electrons. The molecule has 2 heterocycles. The van der Waals surface area contributed by atoms with Gasteiger partial charge in [-0.15, -0.1) is 5.10 Å². The van der Waals surface area contributed by atoms with Crippen LogP contribution in [0.4, 0.5) is 4.39 Å². The molecule has 0 amide bonds. The van der Waals surface area contributed by atoms with Crippen molar-refractivity contribution in [1.29, 1.82) is 0 Å². The minimum Gasteiger partial charge on any atom is -0.543 e. The van der Waals surface area contributed by atoms with Crippen LogP contribution in [0.2, 0.25) is 36.3 Å². The fourth-order valence-electron chi connectivity index (χ4n) is 4.95. The van der Waals surface area contributed by atoms with E-state index < -0.39 is 16.6 Å². The number of fused-ring (bicyclic) bond motifs is 1.